The van der Waals surface area contributed by atoms with Gasteiger partial charge in [0.25, 0.3) is 5.91 Å². The van der Waals surface area contributed by atoms with E-state index in [-0.39, 0.29) is 53.8 Å². The van der Waals surface area contributed by atoms with Crippen molar-refractivity contribution in [2.45, 2.75) is 57.3 Å². The number of ether oxygens (including phenoxy) is 3. The molecule has 3 fully saturated rings. The third kappa shape index (κ3) is 5.97. The molecule has 2 aromatic rings. The number of nitrogens with zero attached hydrogens (tertiary/aromatic N) is 2. The van der Waals surface area contributed by atoms with E-state index in [1.54, 1.807) is 0 Å². The van der Waals surface area contributed by atoms with Crippen LogP contribution in [0.1, 0.15) is 48.4 Å². The quantitative estimate of drug-likeness (QED) is 0.404. The summed E-state index contributed by atoms with van der Waals surface area (Å²) in [5.74, 6) is -1.04. The topological polar surface area (TPSA) is 146 Å². The zero-order valence-electron chi connectivity index (χ0n) is 21.4. The molecule has 1 aromatic carbocycles. The van der Waals surface area contributed by atoms with E-state index in [1.807, 2.05) is 0 Å². The van der Waals surface area contributed by atoms with Crippen LogP contribution < -0.4 is 20.5 Å². The molecule has 0 bridgehead atoms. The van der Waals surface area contributed by atoms with Crippen LogP contribution in [-0.4, -0.2) is 66.6 Å². The van der Waals surface area contributed by atoms with Crippen LogP contribution in [0, 0.1) is 11.8 Å². The van der Waals surface area contributed by atoms with Crippen LogP contribution in [0.3, 0.4) is 0 Å². The van der Waals surface area contributed by atoms with Crippen LogP contribution in [0.25, 0.3) is 11.5 Å². The molecule has 39 heavy (non-hydrogen) atoms. The Morgan fingerprint density at radius 3 is 2.59 bits per heavy atom. The van der Waals surface area contributed by atoms with Crippen molar-refractivity contribution in [2.75, 3.05) is 20.3 Å². The highest BCUT2D eigenvalue weighted by Gasteiger charge is 2.46. The minimum atomic E-state index is -3.03. The van der Waals surface area contributed by atoms with E-state index in [4.69, 9.17) is 19.6 Å². The van der Waals surface area contributed by atoms with Crippen LogP contribution in [0.15, 0.2) is 22.6 Å². The predicted molar refractivity (Wildman–Crippen MR) is 131 cm³/mol. The number of oxazole rings is 1. The van der Waals surface area contributed by atoms with Gasteiger partial charge < -0.3 is 34.6 Å². The molecule has 0 spiro atoms. The first kappa shape index (κ1) is 26.9. The highest BCUT2D eigenvalue weighted by molar-refractivity contribution is 5.97. The highest BCUT2D eigenvalue weighted by Crippen LogP contribution is 2.37. The van der Waals surface area contributed by atoms with Crippen molar-refractivity contribution in [1.82, 2.24) is 15.2 Å². The van der Waals surface area contributed by atoms with Gasteiger partial charge in [-0.3, -0.25) is 9.59 Å². The fraction of sp³-hybridized carbons (Fsp3) is 0.538. The number of amides is 2. The van der Waals surface area contributed by atoms with E-state index >= 15 is 0 Å². The number of nitrogens with two attached hydrogens (primary N) is 1. The molecule has 1 aromatic heterocycles. The van der Waals surface area contributed by atoms with E-state index in [0.717, 1.165) is 25.7 Å². The van der Waals surface area contributed by atoms with Crippen molar-refractivity contribution >= 4 is 17.8 Å². The number of nitrogens with one attached hydrogen (secondary N) is 1. The van der Waals surface area contributed by atoms with Crippen LogP contribution in [0.5, 0.6) is 11.5 Å². The summed E-state index contributed by atoms with van der Waals surface area (Å²) in [5, 5.41) is 2.87. The Morgan fingerprint density at radius 2 is 1.95 bits per heavy atom. The number of carbonyl (C=O) groups excluding carboxylic acids is 3. The first-order valence-corrected chi connectivity index (χ1v) is 12.9. The molecule has 3 aliphatic rings. The fourth-order valence-corrected chi connectivity index (χ4v) is 4.59. The molecule has 1 saturated heterocycles. The first-order chi connectivity index (χ1) is 18.8. The van der Waals surface area contributed by atoms with Gasteiger partial charge >= 0.3 is 12.6 Å². The van der Waals surface area contributed by atoms with E-state index in [2.05, 4.69) is 15.0 Å². The van der Waals surface area contributed by atoms with Gasteiger partial charge in [-0.25, -0.2) is 9.78 Å². The Labute approximate surface area is 222 Å². The van der Waals surface area contributed by atoms with Gasteiger partial charge in [-0.1, -0.05) is 0 Å². The summed E-state index contributed by atoms with van der Waals surface area (Å²) in [5.41, 5.74) is 6.11. The van der Waals surface area contributed by atoms with E-state index in [9.17, 15) is 23.2 Å². The average molecular weight is 549 g/mol. The lowest BCUT2D eigenvalue weighted by atomic mass is 10.1. The molecule has 2 amide bonds. The largest absolute Gasteiger partial charge is 0.489 e. The number of hydrogen-bond donors (Lipinski definition) is 2. The highest BCUT2D eigenvalue weighted by atomic mass is 19.3. The Balaban J connectivity index is 1.40. The Morgan fingerprint density at radius 1 is 1.18 bits per heavy atom. The number of benzene rings is 1. The molecular weight excluding hydrogens is 518 g/mol. The van der Waals surface area contributed by atoms with E-state index in [1.165, 1.54) is 30.2 Å². The number of aromatic nitrogens is 1. The predicted octanol–water partition coefficient (Wildman–Crippen LogP) is 2.47. The molecule has 0 radical (unpaired) electrons. The minimum Gasteiger partial charge on any atom is -0.489 e. The number of halogens is 2. The van der Waals surface area contributed by atoms with Crippen LogP contribution >= 0.6 is 0 Å². The van der Waals surface area contributed by atoms with Gasteiger partial charge in [0.05, 0.1) is 26.3 Å². The number of likely N-dealkylation sites (tertiary alicyclic amines) is 1. The molecule has 13 heteroatoms. The zero-order chi connectivity index (χ0) is 27.7. The summed E-state index contributed by atoms with van der Waals surface area (Å²) < 4.78 is 46.8. The lowest BCUT2D eigenvalue weighted by Gasteiger charge is -2.26. The molecule has 3 N–H and O–H groups in total. The van der Waals surface area contributed by atoms with Crippen LogP contribution in [-0.2, 0) is 20.9 Å². The summed E-state index contributed by atoms with van der Waals surface area (Å²) >= 11 is 0. The summed E-state index contributed by atoms with van der Waals surface area (Å²) in [4.78, 5) is 44.3. The Hall–Kier alpha value is -3.74. The molecule has 1 aliphatic heterocycles. The number of rotatable bonds is 11. The van der Waals surface area contributed by atoms with Gasteiger partial charge in [-0.15, -0.1) is 0 Å². The van der Waals surface area contributed by atoms with Gasteiger partial charge in [0, 0.05) is 18.0 Å². The summed E-state index contributed by atoms with van der Waals surface area (Å²) in [6.45, 7) is -2.66. The maximum atomic E-state index is 13.6. The zero-order valence-corrected chi connectivity index (χ0v) is 21.4. The number of carbonyl (C=O) groups is 3. The second-order valence-electron chi connectivity index (χ2n) is 9.93. The van der Waals surface area contributed by atoms with Gasteiger partial charge in [0.2, 0.25) is 11.8 Å². The van der Waals surface area contributed by atoms with Crippen molar-refractivity contribution in [1.29, 1.82) is 0 Å². The standard InChI is InChI=1S/C26H30F2N4O7/c1-36-25(35)21-16(30-22(33)14-4-5-14)8-9-32(21)24(34)20-19(11-29)38-23(31-20)15-6-7-17(39-26(27)28)18(10-15)37-12-13-2-3-13/h6-7,10,13-14,16,21,26H,2-5,8-9,11-12,29H2,1H3,(H,30,33)/t16?,21-/m0/s1. The van der Waals surface area contributed by atoms with Crippen molar-refractivity contribution in [2.24, 2.45) is 17.6 Å². The lowest BCUT2D eigenvalue weighted by Crippen LogP contribution is -2.52. The van der Waals surface area contributed by atoms with Gasteiger partial charge in [-0.2, -0.15) is 8.78 Å². The number of esters is 1. The lowest BCUT2D eigenvalue weighted by molar-refractivity contribution is -0.145. The van der Waals surface area contributed by atoms with Crippen LogP contribution in [0.4, 0.5) is 8.78 Å². The fourth-order valence-electron chi connectivity index (χ4n) is 4.59. The Kier molecular flexibility index (Phi) is 7.69. The van der Waals surface area contributed by atoms with Gasteiger partial charge in [0.15, 0.2) is 23.0 Å². The average Bonchev–Trinajstić information content (AvgIpc) is 3.86. The monoisotopic (exact) mass is 548 g/mol. The van der Waals surface area contributed by atoms with Crippen molar-refractivity contribution < 1.29 is 41.8 Å². The summed E-state index contributed by atoms with van der Waals surface area (Å²) in [6, 6.07) is 2.59. The number of methoxy groups -OCH3 is 1. The smallest absolute Gasteiger partial charge is 0.387 e. The minimum absolute atomic E-state index is 0.0195. The molecule has 2 atom stereocenters. The molecule has 5 rings (SSSR count). The summed E-state index contributed by atoms with van der Waals surface area (Å²) in [7, 11) is 1.22. The molecule has 2 heterocycles. The third-order valence-electron chi connectivity index (χ3n) is 7.04. The molecule has 210 valence electrons. The second kappa shape index (κ2) is 11.2. The maximum absolute atomic E-state index is 13.6. The van der Waals surface area contributed by atoms with E-state index in [0.29, 0.717) is 24.5 Å². The third-order valence-corrected chi connectivity index (χ3v) is 7.04. The summed E-state index contributed by atoms with van der Waals surface area (Å²) in [6.07, 6.45) is 3.97. The van der Waals surface area contributed by atoms with Gasteiger partial charge in [0.1, 0.15) is 6.04 Å². The molecule has 1 unspecified atom stereocenters. The molecule has 2 aliphatic carbocycles. The first-order valence-electron chi connectivity index (χ1n) is 12.9. The number of hydrogen-bond acceptors (Lipinski definition) is 9. The normalized spacial score (nSPS) is 20.7. The number of alkyl halides is 2. The Bertz CT molecular complexity index is 1240. The van der Waals surface area contributed by atoms with E-state index < -0.39 is 30.6 Å². The van der Waals surface area contributed by atoms with Crippen molar-refractivity contribution in [3.63, 3.8) is 0 Å². The molecular formula is C26H30F2N4O7. The molecule has 2 saturated carbocycles. The SMILES string of the molecule is COC(=O)[C@@H]1C(NC(=O)C2CC2)CCN1C(=O)c1nc(-c2ccc(OC(F)F)c(OCC3CC3)c2)oc1CN. The van der Waals surface area contributed by atoms with Crippen molar-refractivity contribution in [3.8, 4) is 23.0 Å². The van der Waals surface area contributed by atoms with Crippen LogP contribution in [0.2, 0.25) is 0 Å². The second-order valence-corrected chi connectivity index (χ2v) is 9.93. The van der Waals surface area contributed by atoms with Gasteiger partial charge in [-0.05, 0) is 56.2 Å². The molecule has 11 nitrogen and oxygen atoms in total. The van der Waals surface area contributed by atoms with Crippen molar-refractivity contribution in [3.05, 3.63) is 29.7 Å². The maximum Gasteiger partial charge on any atom is 0.387 e.